The van der Waals surface area contributed by atoms with E-state index in [0.717, 1.165) is 29.2 Å². The maximum atomic E-state index is 4.71. The number of hydrogen-bond donors (Lipinski definition) is 1. The molecule has 0 radical (unpaired) electrons. The summed E-state index contributed by atoms with van der Waals surface area (Å²) in [5.41, 5.74) is 6.26. The highest BCUT2D eigenvalue weighted by Crippen LogP contribution is 2.20. The van der Waals surface area contributed by atoms with Crippen LogP contribution >= 0.6 is 0 Å². The second kappa shape index (κ2) is 6.89. The van der Waals surface area contributed by atoms with Gasteiger partial charge in [-0.2, -0.15) is 0 Å². The van der Waals surface area contributed by atoms with Gasteiger partial charge in [-0.3, -0.25) is 4.99 Å². The summed E-state index contributed by atoms with van der Waals surface area (Å²) in [5, 5.41) is 3.35. The summed E-state index contributed by atoms with van der Waals surface area (Å²) in [5.74, 6) is 0. The fraction of sp³-hybridized carbons (Fsp3) is 0.211. The van der Waals surface area contributed by atoms with Crippen LogP contribution in [0.15, 0.2) is 77.1 Å². The molecule has 1 aromatic carbocycles. The van der Waals surface area contributed by atoms with E-state index in [0.29, 0.717) is 0 Å². The van der Waals surface area contributed by atoms with E-state index in [2.05, 4.69) is 43.1 Å². The standard InChI is InChI=1S/C19H22N2/c1-5-18(20-15(3)17-11-7-8-12-17)16(4)21-19-13-9-6-10-14(19)2/h5-11,13,21H,4,12H2,1-3H3/b18-5-,20-15+. The first kappa shape index (κ1) is 15.0. The second-order valence-electron chi connectivity index (χ2n) is 5.11. The summed E-state index contributed by atoms with van der Waals surface area (Å²) < 4.78 is 0. The molecule has 0 heterocycles. The Morgan fingerprint density at radius 1 is 1.33 bits per heavy atom. The Hall–Kier alpha value is -2.35. The summed E-state index contributed by atoms with van der Waals surface area (Å²) in [4.78, 5) is 4.71. The summed E-state index contributed by atoms with van der Waals surface area (Å²) >= 11 is 0. The summed E-state index contributed by atoms with van der Waals surface area (Å²) in [6.07, 6.45) is 9.28. The van der Waals surface area contributed by atoms with Crippen LogP contribution < -0.4 is 5.32 Å². The van der Waals surface area contributed by atoms with Crippen LogP contribution in [0.5, 0.6) is 0 Å². The Labute approximate surface area is 127 Å². The molecule has 1 aliphatic rings. The number of hydrogen-bond acceptors (Lipinski definition) is 2. The lowest BCUT2D eigenvalue weighted by atomic mass is 10.1. The van der Waals surface area contributed by atoms with Gasteiger partial charge in [-0.05, 0) is 44.4 Å². The summed E-state index contributed by atoms with van der Waals surface area (Å²) in [6, 6.07) is 8.17. The van der Waals surface area contributed by atoms with Crippen LogP contribution in [0.3, 0.4) is 0 Å². The molecule has 0 aliphatic heterocycles. The van der Waals surface area contributed by atoms with Crippen molar-refractivity contribution < 1.29 is 0 Å². The van der Waals surface area contributed by atoms with Gasteiger partial charge in [0.15, 0.2) is 0 Å². The Morgan fingerprint density at radius 3 is 2.71 bits per heavy atom. The molecule has 2 rings (SSSR count). The van der Waals surface area contributed by atoms with Crippen LogP contribution in [-0.2, 0) is 0 Å². The number of nitrogens with zero attached hydrogens (tertiary/aromatic N) is 1. The molecule has 2 heteroatoms. The first-order chi connectivity index (χ1) is 10.1. The van der Waals surface area contributed by atoms with E-state index >= 15 is 0 Å². The van der Waals surface area contributed by atoms with Crippen molar-refractivity contribution in [2.75, 3.05) is 5.32 Å². The van der Waals surface area contributed by atoms with Crippen molar-refractivity contribution >= 4 is 11.4 Å². The Bertz CT molecular complexity index is 658. The molecule has 0 fully saturated rings. The molecule has 0 unspecified atom stereocenters. The molecule has 0 atom stereocenters. The first-order valence-electron chi connectivity index (χ1n) is 7.21. The van der Waals surface area contributed by atoms with Crippen LogP contribution in [0.25, 0.3) is 0 Å². The minimum absolute atomic E-state index is 0.817. The van der Waals surface area contributed by atoms with Crippen LogP contribution in [0.2, 0.25) is 0 Å². The first-order valence-corrected chi connectivity index (χ1v) is 7.21. The molecule has 0 saturated carbocycles. The smallest absolute Gasteiger partial charge is 0.0819 e. The Morgan fingerprint density at radius 2 is 2.10 bits per heavy atom. The van der Waals surface area contributed by atoms with E-state index < -0.39 is 0 Å². The minimum atomic E-state index is 0.817. The second-order valence-corrected chi connectivity index (χ2v) is 5.11. The lowest BCUT2D eigenvalue weighted by molar-refractivity contribution is 1.24. The van der Waals surface area contributed by atoms with E-state index in [4.69, 9.17) is 4.99 Å². The fourth-order valence-electron chi connectivity index (χ4n) is 2.21. The monoisotopic (exact) mass is 278 g/mol. The van der Waals surface area contributed by atoms with Crippen LogP contribution in [0.4, 0.5) is 5.69 Å². The van der Waals surface area contributed by atoms with Gasteiger partial charge in [-0.25, -0.2) is 0 Å². The van der Waals surface area contributed by atoms with Crippen molar-refractivity contribution in [2.45, 2.75) is 27.2 Å². The van der Waals surface area contributed by atoms with Crippen molar-refractivity contribution in [1.82, 2.24) is 0 Å². The molecule has 0 bridgehead atoms. The van der Waals surface area contributed by atoms with E-state index in [1.54, 1.807) is 0 Å². The quantitative estimate of drug-likeness (QED) is 0.583. The van der Waals surface area contributed by atoms with Gasteiger partial charge < -0.3 is 5.32 Å². The zero-order valence-corrected chi connectivity index (χ0v) is 13.0. The van der Waals surface area contributed by atoms with Gasteiger partial charge in [-0.15, -0.1) is 0 Å². The summed E-state index contributed by atoms with van der Waals surface area (Å²) in [7, 11) is 0. The molecule has 1 N–H and O–H groups in total. The highest BCUT2D eigenvalue weighted by molar-refractivity contribution is 6.00. The number of rotatable bonds is 5. The summed E-state index contributed by atoms with van der Waals surface area (Å²) in [6.45, 7) is 10.2. The Kier molecular flexibility index (Phi) is 4.94. The zero-order valence-electron chi connectivity index (χ0n) is 13.0. The average molecular weight is 278 g/mol. The molecule has 1 aliphatic carbocycles. The van der Waals surface area contributed by atoms with Crippen LogP contribution in [0.1, 0.15) is 25.8 Å². The van der Waals surface area contributed by atoms with Gasteiger partial charge >= 0.3 is 0 Å². The third-order valence-corrected chi connectivity index (χ3v) is 3.54. The van der Waals surface area contributed by atoms with Gasteiger partial charge in [0.25, 0.3) is 0 Å². The van der Waals surface area contributed by atoms with Crippen molar-refractivity contribution in [1.29, 1.82) is 0 Å². The predicted octanol–water partition coefficient (Wildman–Crippen LogP) is 5.17. The molecule has 2 nitrogen and oxygen atoms in total. The third kappa shape index (κ3) is 3.82. The molecule has 1 aromatic rings. The van der Waals surface area contributed by atoms with Crippen molar-refractivity contribution in [2.24, 2.45) is 4.99 Å². The van der Waals surface area contributed by atoms with Gasteiger partial charge in [0, 0.05) is 11.4 Å². The molecule has 0 aromatic heterocycles. The predicted molar refractivity (Wildman–Crippen MR) is 92.6 cm³/mol. The number of anilines is 1. The fourth-order valence-corrected chi connectivity index (χ4v) is 2.21. The number of allylic oxidation sites excluding steroid dienone is 5. The molecule has 108 valence electrons. The molecular weight excluding hydrogens is 256 g/mol. The lowest BCUT2D eigenvalue weighted by Gasteiger charge is -2.13. The lowest BCUT2D eigenvalue weighted by Crippen LogP contribution is -2.04. The molecule has 21 heavy (non-hydrogen) atoms. The Balaban J connectivity index is 2.13. The van der Waals surface area contributed by atoms with E-state index in [1.165, 1.54) is 11.1 Å². The number of nitrogens with one attached hydrogen (secondary N) is 1. The average Bonchev–Trinajstić information content (AvgIpc) is 3.01. The topological polar surface area (TPSA) is 24.4 Å². The highest BCUT2D eigenvalue weighted by atomic mass is 14.9. The van der Waals surface area contributed by atoms with E-state index in [1.807, 2.05) is 38.1 Å². The SMILES string of the molecule is C=C(Nc1ccccc1C)C(=C/C)/N=C(\C)C1=CC=CC1. The van der Waals surface area contributed by atoms with Crippen molar-refractivity contribution in [3.05, 3.63) is 77.7 Å². The van der Waals surface area contributed by atoms with Crippen molar-refractivity contribution in [3.8, 4) is 0 Å². The number of benzene rings is 1. The van der Waals surface area contributed by atoms with Crippen LogP contribution in [-0.4, -0.2) is 5.71 Å². The molecule has 0 saturated heterocycles. The number of aryl methyl sites for hydroxylation is 1. The zero-order chi connectivity index (χ0) is 15.2. The minimum Gasteiger partial charge on any atom is -0.354 e. The van der Waals surface area contributed by atoms with Gasteiger partial charge in [-0.1, -0.05) is 49.1 Å². The highest BCUT2D eigenvalue weighted by Gasteiger charge is 2.07. The maximum Gasteiger partial charge on any atom is 0.0819 e. The maximum absolute atomic E-state index is 4.71. The number of aliphatic imine (C=N–C) groups is 1. The molecule has 0 amide bonds. The van der Waals surface area contributed by atoms with E-state index in [9.17, 15) is 0 Å². The largest absolute Gasteiger partial charge is 0.354 e. The third-order valence-electron chi connectivity index (χ3n) is 3.54. The number of para-hydroxylation sites is 1. The van der Waals surface area contributed by atoms with Gasteiger partial charge in [0.1, 0.15) is 0 Å². The van der Waals surface area contributed by atoms with Gasteiger partial charge in [0.05, 0.1) is 11.4 Å². The molecular formula is C19H22N2. The van der Waals surface area contributed by atoms with Gasteiger partial charge in [0.2, 0.25) is 0 Å². The van der Waals surface area contributed by atoms with Crippen molar-refractivity contribution in [3.63, 3.8) is 0 Å². The molecule has 0 spiro atoms. The normalized spacial score (nSPS) is 15.1. The van der Waals surface area contributed by atoms with E-state index in [-0.39, 0.29) is 0 Å². The van der Waals surface area contributed by atoms with Crippen LogP contribution in [0, 0.1) is 6.92 Å².